The van der Waals surface area contributed by atoms with Crippen molar-refractivity contribution in [3.63, 3.8) is 0 Å². The number of nitrogens with one attached hydrogen (secondary N) is 1. The van der Waals surface area contributed by atoms with Gasteiger partial charge in [-0.25, -0.2) is 8.42 Å². The fourth-order valence-corrected chi connectivity index (χ4v) is 3.57. The maximum atomic E-state index is 12.1. The number of carbonyl (C=O) groups is 1. The van der Waals surface area contributed by atoms with Crippen molar-refractivity contribution in [3.8, 4) is 5.75 Å². The van der Waals surface area contributed by atoms with E-state index in [1.54, 1.807) is 6.07 Å². The van der Waals surface area contributed by atoms with E-state index in [-0.39, 0.29) is 24.6 Å². The summed E-state index contributed by atoms with van der Waals surface area (Å²) >= 11 is 0. The van der Waals surface area contributed by atoms with Gasteiger partial charge in [0.05, 0.1) is 11.8 Å². The number of carbonyl (C=O) groups excluding carboxylic acids is 1. The van der Waals surface area contributed by atoms with Gasteiger partial charge in [-0.15, -0.1) is 12.4 Å². The molecule has 7 nitrogen and oxygen atoms in total. The molecule has 3 N–H and O–H groups in total. The molecule has 9 heteroatoms. The van der Waals surface area contributed by atoms with Crippen molar-refractivity contribution < 1.29 is 17.9 Å². The Hall–Kier alpha value is -1.35. The average Bonchev–Trinajstić information content (AvgIpc) is 3.07. The summed E-state index contributed by atoms with van der Waals surface area (Å²) in [5, 5.41) is 2.72. The lowest BCUT2D eigenvalue weighted by Gasteiger charge is -2.17. The van der Waals surface area contributed by atoms with Crippen LogP contribution in [-0.4, -0.2) is 63.5 Å². The first-order valence-electron chi connectivity index (χ1n) is 8.94. The van der Waals surface area contributed by atoms with Crippen molar-refractivity contribution in [1.29, 1.82) is 0 Å². The zero-order valence-electron chi connectivity index (χ0n) is 15.9. The minimum absolute atomic E-state index is 0. The molecule has 154 valence electrons. The topological polar surface area (TPSA) is 102 Å². The van der Waals surface area contributed by atoms with Gasteiger partial charge in [0.25, 0.3) is 0 Å². The molecule has 0 aliphatic carbocycles. The van der Waals surface area contributed by atoms with Crippen LogP contribution in [0.5, 0.6) is 5.75 Å². The molecule has 1 atom stereocenters. The third-order valence-corrected chi connectivity index (χ3v) is 5.42. The predicted molar refractivity (Wildman–Crippen MR) is 111 cm³/mol. The van der Waals surface area contributed by atoms with E-state index in [4.69, 9.17) is 10.5 Å². The largest absolute Gasteiger partial charge is 0.492 e. The van der Waals surface area contributed by atoms with Gasteiger partial charge in [-0.1, -0.05) is 0 Å². The Labute approximate surface area is 168 Å². The Morgan fingerprint density at radius 1 is 1.33 bits per heavy atom. The van der Waals surface area contributed by atoms with Gasteiger partial charge in [0.2, 0.25) is 5.91 Å². The number of rotatable bonds is 9. The van der Waals surface area contributed by atoms with Crippen LogP contribution in [0, 0.1) is 6.92 Å². The van der Waals surface area contributed by atoms with Crippen molar-refractivity contribution >= 4 is 33.8 Å². The standard InChI is InChI=1S/C18H29N3O4S.ClH/c1-14-13-15(20-18(22)16(19)7-12-26(2,23)24)5-6-17(14)25-11-10-21-8-3-4-9-21;/h5-6,13,16H,3-4,7-12,19H2,1-2H3,(H,20,22);1H. The van der Waals surface area contributed by atoms with Gasteiger partial charge in [0.15, 0.2) is 0 Å². The smallest absolute Gasteiger partial charge is 0.241 e. The highest BCUT2D eigenvalue weighted by Gasteiger charge is 2.16. The number of likely N-dealkylation sites (tertiary alicyclic amines) is 1. The van der Waals surface area contributed by atoms with Crippen LogP contribution >= 0.6 is 12.4 Å². The van der Waals surface area contributed by atoms with Crippen LogP contribution in [-0.2, 0) is 14.6 Å². The summed E-state index contributed by atoms with van der Waals surface area (Å²) in [7, 11) is -3.13. The molecule has 27 heavy (non-hydrogen) atoms. The maximum absolute atomic E-state index is 12.1. The minimum atomic E-state index is -3.13. The van der Waals surface area contributed by atoms with E-state index in [9.17, 15) is 13.2 Å². The monoisotopic (exact) mass is 419 g/mol. The van der Waals surface area contributed by atoms with Crippen LogP contribution in [0.4, 0.5) is 5.69 Å². The molecule has 1 unspecified atom stereocenters. The Morgan fingerprint density at radius 2 is 2.00 bits per heavy atom. The number of sulfone groups is 1. The molecular formula is C18H30ClN3O4S. The normalized spacial score (nSPS) is 15.8. The lowest BCUT2D eigenvalue weighted by molar-refractivity contribution is -0.117. The molecule has 2 rings (SSSR count). The summed E-state index contributed by atoms with van der Waals surface area (Å²) < 4.78 is 28.2. The second kappa shape index (κ2) is 10.8. The fourth-order valence-electron chi connectivity index (χ4n) is 2.89. The number of amides is 1. The zero-order chi connectivity index (χ0) is 19.2. The van der Waals surface area contributed by atoms with Crippen molar-refractivity contribution in [2.24, 2.45) is 5.73 Å². The van der Waals surface area contributed by atoms with Crippen molar-refractivity contribution in [3.05, 3.63) is 23.8 Å². The van der Waals surface area contributed by atoms with Gasteiger partial charge in [0.1, 0.15) is 22.2 Å². The molecule has 1 aromatic carbocycles. The average molecular weight is 420 g/mol. The predicted octanol–water partition coefficient (Wildman–Crippen LogP) is 1.59. The number of anilines is 1. The van der Waals surface area contributed by atoms with E-state index >= 15 is 0 Å². The highest BCUT2D eigenvalue weighted by molar-refractivity contribution is 7.90. The molecule has 1 fully saturated rings. The second-order valence-electron chi connectivity index (χ2n) is 6.89. The first-order chi connectivity index (χ1) is 12.2. The molecule has 0 aromatic heterocycles. The molecule has 0 radical (unpaired) electrons. The third kappa shape index (κ3) is 8.47. The number of ether oxygens (including phenoxy) is 1. The lowest BCUT2D eigenvalue weighted by atomic mass is 10.1. The summed E-state index contributed by atoms with van der Waals surface area (Å²) in [6, 6.07) is 4.56. The quantitative estimate of drug-likeness (QED) is 0.630. The number of aryl methyl sites for hydroxylation is 1. The summed E-state index contributed by atoms with van der Waals surface area (Å²) in [6.45, 7) is 5.78. The zero-order valence-corrected chi connectivity index (χ0v) is 17.6. The van der Waals surface area contributed by atoms with E-state index in [1.807, 2.05) is 19.1 Å². The highest BCUT2D eigenvalue weighted by Crippen LogP contribution is 2.22. The van der Waals surface area contributed by atoms with Crippen LogP contribution in [0.15, 0.2) is 18.2 Å². The van der Waals surface area contributed by atoms with Crippen LogP contribution in [0.2, 0.25) is 0 Å². The number of nitrogens with zero attached hydrogens (tertiary/aromatic N) is 1. The van der Waals surface area contributed by atoms with Crippen LogP contribution in [0.3, 0.4) is 0 Å². The second-order valence-corrected chi connectivity index (χ2v) is 9.15. The molecule has 1 aliphatic rings. The number of halogens is 1. The van der Waals surface area contributed by atoms with Gasteiger partial charge in [-0.2, -0.15) is 0 Å². The summed E-state index contributed by atoms with van der Waals surface area (Å²) in [4.78, 5) is 14.5. The Kier molecular flexibility index (Phi) is 9.52. The van der Waals surface area contributed by atoms with E-state index in [0.29, 0.717) is 12.3 Å². The molecule has 1 aromatic rings. The van der Waals surface area contributed by atoms with E-state index in [2.05, 4.69) is 10.2 Å². The van der Waals surface area contributed by atoms with Gasteiger partial charge >= 0.3 is 0 Å². The molecule has 0 spiro atoms. The number of nitrogens with two attached hydrogens (primary N) is 1. The fraction of sp³-hybridized carbons (Fsp3) is 0.611. The summed E-state index contributed by atoms with van der Waals surface area (Å²) in [6.07, 6.45) is 3.75. The van der Waals surface area contributed by atoms with E-state index in [1.165, 1.54) is 12.8 Å². The Bertz CT molecular complexity index is 721. The van der Waals surface area contributed by atoms with Crippen LogP contribution in [0.1, 0.15) is 24.8 Å². The molecule has 0 bridgehead atoms. The van der Waals surface area contributed by atoms with Crippen molar-refractivity contribution in [2.45, 2.75) is 32.2 Å². The Morgan fingerprint density at radius 3 is 2.59 bits per heavy atom. The van der Waals surface area contributed by atoms with Crippen molar-refractivity contribution in [2.75, 3.05) is 43.6 Å². The van der Waals surface area contributed by atoms with Crippen LogP contribution in [0.25, 0.3) is 0 Å². The first kappa shape index (κ1) is 23.7. The van der Waals surface area contributed by atoms with Gasteiger partial charge in [0, 0.05) is 18.5 Å². The first-order valence-corrected chi connectivity index (χ1v) is 11.0. The van der Waals surface area contributed by atoms with Crippen LogP contribution < -0.4 is 15.8 Å². The number of benzene rings is 1. The molecule has 1 saturated heterocycles. The molecule has 1 heterocycles. The number of hydrogen-bond donors (Lipinski definition) is 2. The van der Waals surface area contributed by atoms with Gasteiger partial charge in [-0.05, 0) is 63.0 Å². The molecule has 1 amide bonds. The summed E-state index contributed by atoms with van der Waals surface area (Å²) in [5.74, 6) is 0.295. The van der Waals surface area contributed by atoms with E-state index in [0.717, 1.165) is 37.2 Å². The Balaban J connectivity index is 0.00000364. The SMILES string of the molecule is Cc1cc(NC(=O)C(N)CCS(C)(=O)=O)ccc1OCCN1CCCC1.Cl. The van der Waals surface area contributed by atoms with E-state index < -0.39 is 21.8 Å². The lowest BCUT2D eigenvalue weighted by Crippen LogP contribution is -2.37. The van der Waals surface area contributed by atoms with Crippen molar-refractivity contribution in [1.82, 2.24) is 4.90 Å². The summed E-state index contributed by atoms with van der Waals surface area (Å²) in [5.41, 5.74) is 7.30. The molecular weight excluding hydrogens is 390 g/mol. The van der Waals surface area contributed by atoms with Gasteiger partial charge in [-0.3, -0.25) is 9.69 Å². The third-order valence-electron chi connectivity index (χ3n) is 4.44. The maximum Gasteiger partial charge on any atom is 0.241 e. The molecule has 1 aliphatic heterocycles. The van der Waals surface area contributed by atoms with Gasteiger partial charge < -0.3 is 15.8 Å². The molecule has 0 saturated carbocycles. The highest BCUT2D eigenvalue weighted by atomic mass is 35.5. The minimum Gasteiger partial charge on any atom is -0.492 e. The number of hydrogen-bond acceptors (Lipinski definition) is 6.